The van der Waals surface area contributed by atoms with Gasteiger partial charge in [-0.05, 0) is 18.6 Å². The van der Waals surface area contributed by atoms with Gasteiger partial charge in [0.1, 0.15) is 5.76 Å². The fourth-order valence-corrected chi connectivity index (χ4v) is 1.46. The first-order chi connectivity index (χ1) is 6.68. The van der Waals surface area contributed by atoms with Gasteiger partial charge in [-0.2, -0.15) is 5.10 Å². The van der Waals surface area contributed by atoms with Crippen molar-refractivity contribution in [2.45, 2.75) is 13.0 Å². The molecule has 1 unspecified atom stereocenters. The van der Waals surface area contributed by atoms with Crippen LogP contribution in [0.4, 0.5) is 0 Å². The molecular formula is C10H13N3O. The van der Waals surface area contributed by atoms with Gasteiger partial charge < -0.3 is 10.2 Å². The van der Waals surface area contributed by atoms with E-state index >= 15 is 0 Å². The molecule has 1 atom stereocenters. The third-order valence-corrected chi connectivity index (χ3v) is 2.27. The van der Waals surface area contributed by atoms with Gasteiger partial charge in [0.2, 0.25) is 0 Å². The van der Waals surface area contributed by atoms with E-state index in [1.807, 2.05) is 26.2 Å². The summed E-state index contributed by atoms with van der Waals surface area (Å²) in [5.41, 5.74) is 8.06. The van der Waals surface area contributed by atoms with Gasteiger partial charge in [0.25, 0.3) is 0 Å². The van der Waals surface area contributed by atoms with Crippen LogP contribution in [0.2, 0.25) is 0 Å². The molecule has 74 valence electrons. The Morgan fingerprint density at radius 2 is 2.36 bits per heavy atom. The van der Waals surface area contributed by atoms with Crippen molar-refractivity contribution in [2.75, 3.05) is 0 Å². The summed E-state index contributed by atoms with van der Waals surface area (Å²) in [6, 6.07) is 1.68. The standard InChI is InChI=1S/C10H13N3O/c1-7-3-4-14-10(7)9(11)8-5-12-13(2)6-8/h3-6,9H,11H2,1-2H3. The van der Waals surface area contributed by atoms with Crippen LogP contribution in [0.3, 0.4) is 0 Å². The van der Waals surface area contributed by atoms with Gasteiger partial charge in [-0.3, -0.25) is 4.68 Å². The van der Waals surface area contributed by atoms with E-state index in [9.17, 15) is 0 Å². The lowest BCUT2D eigenvalue weighted by Crippen LogP contribution is -2.11. The molecule has 0 aliphatic heterocycles. The largest absolute Gasteiger partial charge is 0.467 e. The maximum Gasteiger partial charge on any atom is 0.128 e. The van der Waals surface area contributed by atoms with Crippen molar-refractivity contribution in [3.63, 3.8) is 0 Å². The van der Waals surface area contributed by atoms with Crippen LogP contribution >= 0.6 is 0 Å². The second-order valence-electron chi connectivity index (χ2n) is 3.39. The van der Waals surface area contributed by atoms with E-state index in [1.54, 1.807) is 17.1 Å². The highest BCUT2D eigenvalue weighted by atomic mass is 16.3. The number of aromatic nitrogens is 2. The van der Waals surface area contributed by atoms with E-state index in [1.165, 1.54) is 0 Å². The minimum Gasteiger partial charge on any atom is -0.467 e. The number of furan rings is 1. The summed E-state index contributed by atoms with van der Waals surface area (Å²) in [5.74, 6) is 0.804. The molecule has 0 bridgehead atoms. The summed E-state index contributed by atoms with van der Waals surface area (Å²) < 4.78 is 7.06. The normalized spacial score (nSPS) is 13.1. The van der Waals surface area contributed by atoms with Crippen molar-refractivity contribution < 1.29 is 4.42 Å². The molecule has 0 fully saturated rings. The minimum absolute atomic E-state index is 0.223. The third kappa shape index (κ3) is 1.44. The molecule has 4 heteroatoms. The highest BCUT2D eigenvalue weighted by Gasteiger charge is 2.15. The third-order valence-electron chi connectivity index (χ3n) is 2.27. The Morgan fingerprint density at radius 1 is 1.57 bits per heavy atom. The topological polar surface area (TPSA) is 57.0 Å². The quantitative estimate of drug-likeness (QED) is 0.780. The van der Waals surface area contributed by atoms with E-state index in [-0.39, 0.29) is 6.04 Å². The number of nitrogens with zero attached hydrogens (tertiary/aromatic N) is 2. The minimum atomic E-state index is -0.223. The second kappa shape index (κ2) is 3.31. The zero-order chi connectivity index (χ0) is 10.1. The van der Waals surface area contributed by atoms with Gasteiger partial charge in [-0.1, -0.05) is 0 Å². The lowest BCUT2D eigenvalue weighted by molar-refractivity contribution is 0.487. The average Bonchev–Trinajstić information content (AvgIpc) is 2.73. The molecule has 0 saturated carbocycles. The Kier molecular flexibility index (Phi) is 2.13. The Bertz CT molecular complexity index is 430. The molecule has 2 heterocycles. The fourth-order valence-electron chi connectivity index (χ4n) is 1.46. The number of hydrogen-bond acceptors (Lipinski definition) is 3. The molecule has 2 aromatic rings. The van der Waals surface area contributed by atoms with Crippen LogP contribution < -0.4 is 5.73 Å². The first-order valence-electron chi connectivity index (χ1n) is 4.46. The van der Waals surface area contributed by atoms with Crippen LogP contribution in [0.5, 0.6) is 0 Å². The second-order valence-corrected chi connectivity index (χ2v) is 3.39. The van der Waals surface area contributed by atoms with Gasteiger partial charge in [0, 0.05) is 18.8 Å². The van der Waals surface area contributed by atoms with E-state index < -0.39 is 0 Å². The zero-order valence-corrected chi connectivity index (χ0v) is 8.27. The lowest BCUT2D eigenvalue weighted by Gasteiger charge is -2.06. The molecule has 2 N–H and O–H groups in total. The summed E-state index contributed by atoms with van der Waals surface area (Å²) in [4.78, 5) is 0. The predicted octanol–water partition coefficient (Wildman–Crippen LogP) is 1.37. The van der Waals surface area contributed by atoms with Crippen LogP contribution in [0, 0.1) is 6.92 Å². The molecule has 14 heavy (non-hydrogen) atoms. The first-order valence-corrected chi connectivity index (χ1v) is 4.46. The highest BCUT2D eigenvalue weighted by Crippen LogP contribution is 2.22. The Balaban J connectivity index is 2.33. The summed E-state index contributed by atoms with van der Waals surface area (Å²) >= 11 is 0. The SMILES string of the molecule is Cc1ccoc1C(N)c1cnn(C)c1. The molecule has 0 amide bonds. The molecule has 4 nitrogen and oxygen atoms in total. The van der Waals surface area contributed by atoms with Crippen molar-refractivity contribution >= 4 is 0 Å². The summed E-state index contributed by atoms with van der Waals surface area (Å²) in [7, 11) is 1.87. The van der Waals surface area contributed by atoms with E-state index in [0.29, 0.717) is 0 Å². The molecule has 0 saturated heterocycles. The lowest BCUT2D eigenvalue weighted by atomic mass is 10.1. The number of hydrogen-bond donors (Lipinski definition) is 1. The molecular weight excluding hydrogens is 178 g/mol. The van der Waals surface area contributed by atoms with Crippen molar-refractivity contribution in [1.29, 1.82) is 0 Å². The van der Waals surface area contributed by atoms with E-state index in [0.717, 1.165) is 16.9 Å². The van der Waals surface area contributed by atoms with Crippen molar-refractivity contribution in [3.05, 3.63) is 41.6 Å². The Morgan fingerprint density at radius 3 is 2.86 bits per heavy atom. The van der Waals surface area contributed by atoms with Crippen LogP contribution in [-0.2, 0) is 7.05 Å². The van der Waals surface area contributed by atoms with Gasteiger partial charge in [0.15, 0.2) is 0 Å². The molecule has 2 rings (SSSR count). The highest BCUT2D eigenvalue weighted by molar-refractivity contribution is 5.27. The molecule has 0 aliphatic carbocycles. The fraction of sp³-hybridized carbons (Fsp3) is 0.300. The monoisotopic (exact) mass is 191 g/mol. The van der Waals surface area contributed by atoms with Gasteiger partial charge in [-0.25, -0.2) is 0 Å². The number of rotatable bonds is 2. The molecule has 0 aliphatic rings. The van der Waals surface area contributed by atoms with Crippen LogP contribution in [-0.4, -0.2) is 9.78 Å². The first kappa shape index (κ1) is 9.02. The molecule has 0 aromatic carbocycles. The zero-order valence-electron chi connectivity index (χ0n) is 8.27. The van der Waals surface area contributed by atoms with Crippen LogP contribution in [0.1, 0.15) is 22.9 Å². The van der Waals surface area contributed by atoms with Gasteiger partial charge in [-0.15, -0.1) is 0 Å². The van der Waals surface area contributed by atoms with E-state index in [4.69, 9.17) is 10.2 Å². The Labute approximate surface area is 82.3 Å². The smallest absolute Gasteiger partial charge is 0.128 e. The van der Waals surface area contributed by atoms with Crippen LogP contribution in [0.25, 0.3) is 0 Å². The van der Waals surface area contributed by atoms with Crippen LogP contribution in [0.15, 0.2) is 29.1 Å². The summed E-state index contributed by atoms with van der Waals surface area (Å²) in [6.45, 7) is 1.98. The molecule has 0 spiro atoms. The Hall–Kier alpha value is -1.55. The van der Waals surface area contributed by atoms with Gasteiger partial charge in [0.05, 0.1) is 18.5 Å². The summed E-state index contributed by atoms with van der Waals surface area (Å²) in [5, 5.41) is 4.07. The maximum atomic E-state index is 6.03. The average molecular weight is 191 g/mol. The van der Waals surface area contributed by atoms with Gasteiger partial charge >= 0.3 is 0 Å². The van der Waals surface area contributed by atoms with Crippen molar-refractivity contribution in [1.82, 2.24) is 9.78 Å². The molecule has 2 aromatic heterocycles. The maximum absolute atomic E-state index is 6.03. The number of aryl methyl sites for hydroxylation is 2. The van der Waals surface area contributed by atoms with Crippen molar-refractivity contribution in [2.24, 2.45) is 12.8 Å². The van der Waals surface area contributed by atoms with E-state index in [2.05, 4.69) is 5.10 Å². The number of nitrogens with two attached hydrogens (primary N) is 1. The summed E-state index contributed by atoms with van der Waals surface area (Å²) in [6.07, 6.45) is 5.31. The molecule has 0 radical (unpaired) electrons. The predicted molar refractivity (Wildman–Crippen MR) is 52.7 cm³/mol. The van der Waals surface area contributed by atoms with Crippen molar-refractivity contribution in [3.8, 4) is 0 Å².